The van der Waals surface area contributed by atoms with E-state index >= 15 is 0 Å². The van der Waals surface area contributed by atoms with E-state index in [0.717, 1.165) is 38.4 Å². The Kier molecular flexibility index (Phi) is 5.44. The van der Waals surface area contributed by atoms with E-state index in [2.05, 4.69) is 28.8 Å². The molecule has 0 unspecified atom stereocenters. The Labute approximate surface area is 192 Å². The van der Waals surface area contributed by atoms with Crippen molar-refractivity contribution in [2.75, 3.05) is 5.32 Å². The number of benzene rings is 5. The van der Waals surface area contributed by atoms with E-state index in [1.54, 1.807) is 6.07 Å². The fourth-order valence-electron chi connectivity index (χ4n) is 4.18. The monoisotopic (exact) mass is 434 g/mol. The van der Waals surface area contributed by atoms with Gasteiger partial charge in [0.15, 0.2) is 5.11 Å². The molecule has 0 aliphatic carbocycles. The van der Waals surface area contributed by atoms with E-state index in [9.17, 15) is 5.11 Å². The number of phenols is 1. The SMILES string of the molecule is Oc1ccc2ccccc2c1[C@H](NC(=S)Nc1cccc2ccccc12)c1ccccc1. The molecule has 5 aromatic rings. The molecule has 1 atom stereocenters. The minimum absolute atomic E-state index is 0.234. The van der Waals surface area contributed by atoms with Crippen molar-refractivity contribution < 1.29 is 5.11 Å². The molecule has 0 saturated heterocycles. The number of rotatable bonds is 4. The van der Waals surface area contributed by atoms with E-state index in [0.29, 0.717) is 5.11 Å². The van der Waals surface area contributed by atoms with Crippen LogP contribution in [0.15, 0.2) is 109 Å². The van der Waals surface area contributed by atoms with Gasteiger partial charge >= 0.3 is 0 Å². The third-order valence-corrected chi connectivity index (χ3v) is 5.90. The summed E-state index contributed by atoms with van der Waals surface area (Å²) in [5, 5.41) is 22.5. The highest BCUT2D eigenvalue weighted by Crippen LogP contribution is 2.36. The van der Waals surface area contributed by atoms with Crippen molar-refractivity contribution in [3.05, 3.63) is 120 Å². The molecule has 0 saturated carbocycles. The van der Waals surface area contributed by atoms with Crippen LogP contribution in [0.4, 0.5) is 5.69 Å². The van der Waals surface area contributed by atoms with Gasteiger partial charge in [-0.15, -0.1) is 0 Å². The number of hydrogen-bond donors (Lipinski definition) is 3. The van der Waals surface area contributed by atoms with Crippen LogP contribution < -0.4 is 10.6 Å². The van der Waals surface area contributed by atoms with Crippen molar-refractivity contribution in [2.24, 2.45) is 0 Å². The Morgan fingerprint density at radius 3 is 2.06 bits per heavy atom. The lowest BCUT2D eigenvalue weighted by molar-refractivity contribution is 0.464. The molecule has 3 N–H and O–H groups in total. The standard InChI is InChI=1S/C28H22N2OS/c31-25-18-17-20-10-5-7-15-23(20)26(25)27(21-11-2-1-3-12-21)30-28(32)29-24-16-8-13-19-9-4-6-14-22(19)24/h1-18,27,31H,(H2,29,30,32)/t27-/m1/s1. The van der Waals surface area contributed by atoms with Crippen LogP contribution >= 0.6 is 12.2 Å². The van der Waals surface area contributed by atoms with Gasteiger partial charge in [-0.25, -0.2) is 0 Å². The number of aromatic hydroxyl groups is 1. The molecular weight excluding hydrogens is 412 g/mol. The molecular formula is C28H22N2OS. The molecule has 0 spiro atoms. The lowest BCUT2D eigenvalue weighted by Gasteiger charge is -2.24. The van der Waals surface area contributed by atoms with Gasteiger partial charge < -0.3 is 15.7 Å². The molecule has 156 valence electrons. The van der Waals surface area contributed by atoms with Gasteiger partial charge in [0.25, 0.3) is 0 Å². The van der Waals surface area contributed by atoms with Crippen molar-refractivity contribution in [1.82, 2.24) is 5.32 Å². The van der Waals surface area contributed by atoms with Gasteiger partial charge in [-0.1, -0.05) is 97.1 Å². The van der Waals surface area contributed by atoms with E-state index in [1.807, 2.05) is 84.9 Å². The average molecular weight is 435 g/mol. The number of fused-ring (bicyclic) bond motifs is 2. The van der Waals surface area contributed by atoms with Gasteiger partial charge in [0, 0.05) is 16.6 Å². The van der Waals surface area contributed by atoms with Crippen LogP contribution in [-0.2, 0) is 0 Å². The first-order valence-corrected chi connectivity index (χ1v) is 10.9. The average Bonchev–Trinajstić information content (AvgIpc) is 2.84. The fraction of sp³-hybridized carbons (Fsp3) is 0.0357. The van der Waals surface area contributed by atoms with Gasteiger partial charge in [0.2, 0.25) is 0 Å². The molecule has 0 radical (unpaired) electrons. The smallest absolute Gasteiger partial charge is 0.171 e. The summed E-state index contributed by atoms with van der Waals surface area (Å²) >= 11 is 5.74. The lowest BCUT2D eigenvalue weighted by Crippen LogP contribution is -2.33. The summed E-state index contributed by atoms with van der Waals surface area (Å²) in [4.78, 5) is 0. The highest BCUT2D eigenvalue weighted by Gasteiger charge is 2.21. The van der Waals surface area contributed by atoms with Crippen LogP contribution in [-0.4, -0.2) is 10.2 Å². The Morgan fingerprint density at radius 2 is 1.28 bits per heavy atom. The lowest BCUT2D eigenvalue weighted by atomic mass is 9.93. The minimum Gasteiger partial charge on any atom is -0.508 e. The summed E-state index contributed by atoms with van der Waals surface area (Å²) in [6.07, 6.45) is 0. The van der Waals surface area contributed by atoms with Gasteiger partial charge in [-0.05, 0) is 46.1 Å². The van der Waals surface area contributed by atoms with Crippen molar-refractivity contribution in [3.8, 4) is 5.75 Å². The maximum atomic E-state index is 10.9. The quantitative estimate of drug-likeness (QED) is 0.273. The van der Waals surface area contributed by atoms with Crippen LogP contribution in [0.5, 0.6) is 5.75 Å². The molecule has 0 heterocycles. The van der Waals surface area contributed by atoms with Crippen LogP contribution in [0.25, 0.3) is 21.5 Å². The summed E-state index contributed by atoms with van der Waals surface area (Å²) in [6, 6.07) is 35.8. The van der Waals surface area contributed by atoms with E-state index < -0.39 is 0 Å². The van der Waals surface area contributed by atoms with E-state index in [4.69, 9.17) is 12.2 Å². The van der Waals surface area contributed by atoms with Crippen LogP contribution in [0.1, 0.15) is 17.2 Å². The predicted molar refractivity (Wildman–Crippen MR) is 137 cm³/mol. The zero-order valence-corrected chi connectivity index (χ0v) is 18.1. The van der Waals surface area contributed by atoms with Crippen molar-refractivity contribution in [1.29, 1.82) is 0 Å². The third-order valence-electron chi connectivity index (χ3n) is 5.68. The van der Waals surface area contributed by atoms with Crippen molar-refractivity contribution >= 4 is 44.6 Å². The molecule has 0 amide bonds. The van der Waals surface area contributed by atoms with Crippen molar-refractivity contribution in [3.63, 3.8) is 0 Å². The molecule has 0 aromatic heterocycles. The normalized spacial score (nSPS) is 11.9. The molecule has 0 aliphatic rings. The van der Waals surface area contributed by atoms with Crippen LogP contribution in [0.2, 0.25) is 0 Å². The number of hydrogen-bond acceptors (Lipinski definition) is 2. The summed E-state index contributed by atoms with van der Waals surface area (Å²) in [5.41, 5.74) is 2.76. The maximum absolute atomic E-state index is 10.9. The molecule has 32 heavy (non-hydrogen) atoms. The third kappa shape index (κ3) is 3.88. The van der Waals surface area contributed by atoms with Gasteiger partial charge in [0.05, 0.1) is 6.04 Å². The molecule has 0 aliphatic heterocycles. The summed E-state index contributed by atoms with van der Waals surface area (Å²) in [7, 11) is 0. The number of anilines is 1. The Bertz CT molecular complexity index is 1410. The summed E-state index contributed by atoms with van der Waals surface area (Å²) in [5.74, 6) is 0.234. The second-order valence-corrected chi connectivity index (χ2v) is 8.10. The second-order valence-electron chi connectivity index (χ2n) is 7.69. The van der Waals surface area contributed by atoms with E-state index in [1.165, 1.54) is 0 Å². The molecule has 3 nitrogen and oxygen atoms in total. The summed E-state index contributed by atoms with van der Waals surface area (Å²) < 4.78 is 0. The fourth-order valence-corrected chi connectivity index (χ4v) is 4.41. The largest absolute Gasteiger partial charge is 0.508 e. The maximum Gasteiger partial charge on any atom is 0.171 e. The second kappa shape index (κ2) is 8.69. The molecule has 0 bridgehead atoms. The predicted octanol–water partition coefficient (Wildman–Crippen LogP) is 6.77. The number of thiocarbonyl (C=S) groups is 1. The van der Waals surface area contributed by atoms with Gasteiger partial charge in [-0.3, -0.25) is 0 Å². The van der Waals surface area contributed by atoms with Crippen molar-refractivity contribution in [2.45, 2.75) is 6.04 Å². The zero-order chi connectivity index (χ0) is 21.9. The molecule has 5 rings (SSSR count). The van der Waals surface area contributed by atoms with Crippen LogP contribution in [0, 0.1) is 0 Å². The highest BCUT2D eigenvalue weighted by molar-refractivity contribution is 7.80. The number of nitrogens with one attached hydrogen (secondary N) is 2. The number of phenolic OH excluding ortho intramolecular Hbond substituents is 1. The molecule has 0 fully saturated rings. The first-order valence-electron chi connectivity index (χ1n) is 10.5. The topological polar surface area (TPSA) is 44.3 Å². The van der Waals surface area contributed by atoms with Gasteiger partial charge in [-0.2, -0.15) is 0 Å². The first-order chi connectivity index (χ1) is 15.7. The van der Waals surface area contributed by atoms with Gasteiger partial charge in [0.1, 0.15) is 5.75 Å². The Morgan fingerprint density at radius 1 is 0.656 bits per heavy atom. The zero-order valence-electron chi connectivity index (χ0n) is 17.3. The van der Waals surface area contributed by atoms with Crippen LogP contribution in [0.3, 0.4) is 0 Å². The molecule has 5 aromatic carbocycles. The minimum atomic E-state index is -0.322. The van der Waals surface area contributed by atoms with E-state index in [-0.39, 0.29) is 11.8 Å². The summed E-state index contributed by atoms with van der Waals surface area (Å²) in [6.45, 7) is 0. The highest BCUT2D eigenvalue weighted by atomic mass is 32.1. The first kappa shape index (κ1) is 20.0. The Hall–Kier alpha value is -3.89. The molecule has 4 heteroatoms. The Balaban J connectivity index is 1.55.